The molecule has 1 unspecified atom stereocenters. The summed E-state index contributed by atoms with van der Waals surface area (Å²) in [4.78, 5) is 39.2. The van der Waals surface area contributed by atoms with Gasteiger partial charge in [-0.25, -0.2) is 19.4 Å². The molecule has 4 saturated carbocycles. The molecule has 0 spiro atoms. The molecule has 0 radical (unpaired) electrons. The van der Waals surface area contributed by atoms with E-state index in [0.29, 0.717) is 12.0 Å². The molecule has 4 rings (SSSR count). The molecular formula is C33H56N4O5. The second-order valence-electron chi connectivity index (χ2n) is 13.9. The van der Waals surface area contributed by atoms with Crippen LogP contribution in [0.4, 0.5) is 9.59 Å². The molecule has 9 nitrogen and oxygen atoms in total. The number of carbonyl (C=O) groups excluding carboxylic acids is 3. The van der Waals surface area contributed by atoms with Crippen molar-refractivity contribution < 1.29 is 23.9 Å². The molecule has 9 heteroatoms. The highest BCUT2D eigenvalue weighted by Gasteiger charge is 2.29. The van der Waals surface area contributed by atoms with Crippen LogP contribution in [0.1, 0.15) is 122 Å². The summed E-state index contributed by atoms with van der Waals surface area (Å²) in [6, 6.07) is 1.20. The Morgan fingerprint density at radius 1 is 0.690 bits per heavy atom. The third kappa shape index (κ3) is 11.2. The van der Waals surface area contributed by atoms with Crippen molar-refractivity contribution in [2.45, 2.75) is 153 Å². The van der Waals surface area contributed by atoms with Crippen LogP contribution in [0.25, 0.3) is 0 Å². The van der Waals surface area contributed by atoms with Gasteiger partial charge in [-0.1, -0.05) is 0 Å². The van der Waals surface area contributed by atoms with Crippen LogP contribution in [0.3, 0.4) is 0 Å². The Hall–Kier alpha value is -2.12. The molecule has 238 valence electrons. The number of isocyanates is 1. The van der Waals surface area contributed by atoms with Crippen LogP contribution in [0, 0.1) is 23.7 Å². The molecule has 42 heavy (non-hydrogen) atoms. The van der Waals surface area contributed by atoms with Gasteiger partial charge < -0.3 is 25.4 Å². The van der Waals surface area contributed by atoms with Gasteiger partial charge in [0.2, 0.25) is 6.08 Å². The first-order valence-corrected chi connectivity index (χ1v) is 17.0. The van der Waals surface area contributed by atoms with Gasteiger partial charge in [-0.3, -0.25) is 0 Å². The predicted octanol–water partition coefficient (Wildman–Crippen LogP) is 6.40. The van der Waals surface area contributed by atoms with Gasteiger partial charge in [0.1, 0.15) is 12.7 Å². The first kappa shape index (κ1) is 32.8. The Kier molecular flexibility index (Phi) is 13.5. The van der Waals surface area contributed by atoms with Crippen LogP contribution >= 0.6 is 0 Å². The second-order valence-corrected chi connectivity index (χ2v) is 13.9. The fourth-order valence-electron chi connectivity index (χ4n) is 8.12. The van der Waals surface area contributed by atoms with E-state index in [1.165, 1.54) is 51.4 Å². The number of ether oxygens (including phenoxy) is 2. The summed E-state index contributed by atoms with van der Waals surface area (Å²) < 4.78 is 10.9. The minimum atomic E-state index is -0.497. The Morgan fingerprint density at radius 2 is 1.12 bits per heavy atom. The van der Waals surface area contributed by atoms with E-state index >= 15 is 0 Å². The van der Waals surface area contributed by atoms with Gasteiger partial charge >= 0.3 is 12.2 Å². The molecule has 1 atom stereocenters. The number of nitrogens with zero attached hydrogens (tertiary/aromatic N) is 1. The van der Waals surface area contributed by atoms with Crippen molar-refractivity contribution in [3.8, 4) is 0 Å². The maximum absolute atomic E-state index is 12.4. The average Bonchev–Trinajstić information content (AvgIpc) is 2.99. The molecule has 0 aromatic carbocycles. The third-order valence-corrected chi connectivity index (χ3v) is 10.7. The van der Waals surface area contributed by atoms with E-state index in [1.54, 1.807) is 13.0 Å². The monoisotopic (exact) mass is 588 g/mol. The third-order valence-electron chi connectivity index (χ3n) is 10.7. The normalized spacial score (nSPS) is 34.3. The molecule has 2 amide bonds. The minimum Gasteiger partial charge on any atom is -0.446 e. The van der Waals surface area contributed by atoms with E-state index in [-0.39, 0.29) is 24.7 Å². The maximum Gasteiger partial charge on any atom is 0.407 e. The quantitative estimate of drug-likeness (QED) is 0.190. The summed E-state index contributed by atoms with van der Waals surface area (Å²) in [5.74, 6) is 3.09. The van der Waals surface area contributed by atoms with Gasteiger partial charge in [-0.15, -0.1) is 0 Å². The van der Waals surface area contributed by atoms with E-state index in [9.17, 15) is 14.4 Å². The Balaban J connectivity index is 1.01. The Morgan fingerprint density at radius 3 is 1.57 bits per heavy atom. The fourth-order valence-corrected chi connectivity index (χ4v) is 8.12. The van der Waals surface area contributed by atoms with Crippen LogP contribution in [0.5, 0.6) is 0 Å². The zero-order valence-electron chi connectivity index (χ0n) is 26.1. The highest BCUT2D eigenvalue weighted by molar-refractivity contribution is 5.68. The summed E-state index contributed by atoms with van der Waals surface area (Å²) in [5, 5.41) is 9.46. The summed E-state index contributed by atoms with van der Waals surface area (Å²) >= 11 is 0. The topological polar surface area (TPSA) is 118 Å². The number of aliphatic imine (C=N–C) groups is 1. The number of carbonyl (C=O) groups is 2. The Labute approximate surface area is 253 Å². The molecule has 0 heterocycles. The van der Waals surface area contributed by atoms with Crippen molar-refractivity contribution in [2.24, 2.45) is 28.7 Å². The lowest BCUT2D eigenvalue weighted by Crippen LogP contribution is -2.41. The van der Waals surface area contributed by atoms with Crippen LogP contribution in [0.15, 0.2) is 4.99 Å². The first-order valence-electron chi connectivity index (χ1n) is 17.0. The second kappa shape index (κ2) is 17.2. The SMILES string of the molecule is CNC1CCC(CC2CCC(NC(=O)OC(C)COC(=O)NC3CCC(CC4CCC(N=C=O)CC4)CC3)CC2)CC1. The maximum atomic E-state index is 12.4. The van der Waals surface area contributed by atoms with Crippen molar-refractivity contribution >= 4 is 18.3 Å². The molecule has 0 bridgehead atoms. The van der Waals surface area contributed by atoms with Gasteiger partial charge in [0.25, 0.3) is 0 Å². The minimum absolute atomic E-state index is 0.0496. The van der Waals surface area contributed by atoms with Gasteiger partial charge in [0, 0.05) is 18.1 Å². The molecule has 4 aliphatic carbocycles. The number of nitrogens with one attached hydrogen (secondary N) is 3. The fraction of sp³-hybridized carbons (Fsp3) is 0.909. The van der Waals surface area contributed by atoms with E-state index in [4.69, 9.17) is 9.47 Å². The Bertz CT molecular complexity index is 864. The summed E-state index contributed by atoms with van der Waals surface area (Å²) in [5.41, 5.74) is 0. The zero-order valence-corrected chi connectivity index (χ0v) is 26.1. The number of amides is 2. The van der Waals surface area contributed by atoms with Crippen LogP contribution in [0.2, 0.25) is 0 Å². The van der Waals surface area contributed by atoms with E-state index in [1.807, 2.05) is 0 Å². The molecule has 0 aliphatic heterocycles. The largest absolute Gasteiger partial charge is 0.446 e. The zero-order chi connectivity index (χ0) is 29.7. The van der Waals surface area contributed by atoms with Gasteiger partial charge in [0.05, 0.1) is 6.04 Å². The lowest BCUT2D eigenvalue weighted by Gasteiger charge is -2.34. The molecule has 0 aromatic heterocycles. The molecule has 4 aliphatic rings. The van der Waals surface area contributed by atoms with Crippen molar-refractivity contribution in [1.82, 2.24) is 16.0 Å². The van der Waals surface area contributed by atoms with Crippen molar-refractivity contribution in [3.05, 3.63) is 0 Å². The van der Waals surface area contributed by atoms with Gasteiger partial charge in [0.15, 0.2) is 0 Å². The van der Waals surface area contributed by atoms with Gasteiger partial charge in [-0.2, -0.15) is 0 Å². The first-order chi connectivity index (χ1) is 20.4. The molecule has 0 aromatic rings. The number of alkyl carbamates (subject to hydrolysis) is 2. The lowest BCUT2D eigenvalue weighted by molar-refractivity contribution is 0.0485. The standard InChI is InChI=1S/C33H56N4O5/c1-23(42-33(40)37-31-17-9-27(10-18-31)19-24-3-11-28(34-2)12-4-24)21-41-32(39)36-30-15-7-26(8-16-30)20-25-5-13-29(14-6-25)35-22-38/h23-31,34H,3-21H2,1-2H3,(H,36,39)(H,37,40). The van der Waals surface area contributed by atoms with E-state index in [2.05, 4.69) is 28.0 Å². The van der Waals surface area contributed by atoms with Crippen molar-refractivity contribution in [2.75, 3.05) is 13.7 Å². The average molecular weight is 589 g/mol. The summed E-state index contributed by atoms with van der Waals surface area (Å²) in [6.07, 6.45) is 21.1. The number of rotatable bonds is 11. The predicted molar refractivity (Wildman–Crippen MR) is 163 cm³/mol. The summed E-state index contributed by atoms with van der Waals surface area (Å²) in [7, 11) is 2.08. The van der Waals surface area contributed by atoms with Crippen LogP contribution < -0.4 is 16.0 Å². The highest BCUT2D eigenvalue weighted by Crippen LogP contribution is 2.37. The highest BCUT2D eigenvalue weighted by atomic mass is 16.6. The number of hydrogen-bond donors (Lipinski definition) is 3. The van der Waals surface area contributed by atoms with E-state index < -0.39 is 18.3 Å². The number of hydrogen-bond acceptors (Lipinski definition) is 7. The summed E-state index contributed by atoms with van der Waals surface area (Å²) in [6.45, 7) is 1.81. The van der Waals surface area contributed by atoms with Crippen LogP contribution in [-0.2, 0) is 14.3 Å². The van der Waals surface area contributed by atoms with Crippen LogP contribution in [-0.4, -0.2) is 62.2 Å². The molecule has 3 N–H and O–H groups in total. The molecular weight excluding hydrogens is 532 g/mol. The molecule has 4 fully saturated rings. The van der Waals surface area contributed by atoms with Crippen molar-refractivity contribution in [1.29, 1.82) is 0 Å². The lowest BCUT2D eigenvalue weighted by atomic mass is 9.76. The van der Waals surface area contributed by atoms with Gasteiger partial charge in [-0.05, 0) is 153 Å². The smallest absolute Gasteiger partial charge is 0.407 e. The van der Waals surface area contributed by atoms with E-state index in [0.717, 1.165) is 82.0 Å². The van der Waals surface area contributed by atoms with Crippen molar-refractivity contribution in [3.63, 3.8) is 0 Å². The molecule has 0 saturated heterocycles.